The zero-order chi connectivity index (χ0) is 22.0. The fraction of sp³-hybridized carbons (Fsp3) is 0.316. The van der Waals surface area contributed by atoms with Crippen molar-refractivity contribution >= 4 is 31.5 Å². The van der Waals surface area contributed by atoms with E-state index in [9.17, 15) is 26.0 Å². The van der Waals surface area contributed by atoms with Crippen LogP contribution in [0.4, 0.5) is 10.1 Å². The molecule has 158 valence electrons. The van der Waals surface area contributed by atoms with Crippen LogP contribution < -0.4 is 9.62 Å². The zero-order valence-corrected chi connectivity index (χ0v) is 18.1. The fourth-order valence-electron chi connectivity index (χ4n) is 2.82. The van der Waals surface area contributed by atoms with Crippen molar-refractivity contribution in [3.05, 3.63) is 59.9 Å². The summed E-state index contributed by atoms with van der Waals surface area (Å²) in [5.74, 6) is -1.08. The first kappa shape index (κ1) is 22.8. The molecular weight excluding hydrogens is 419 g/mol. The Balaban J connectivity index is 2.22. The van der Waals surface area contributed by atoms with Gasteiger partial charge in [0, 0.05) is 6.26 Å². The number of amides is 1. The van der Waals surface area contributed by atoms with Crippen LogP contribution in [0.5, 0.6) is 0 Å². The van der Waals surface area contributed by atoms with Gasteiger partial charge in [-0.05, 0) is 55.8 Å². The third kappa shape index (κ3) is 5.77. The summed E-state index contributed by atoms with van der Waals surface area (Å²) in [5.41, 5.74) is 0.826. The van der Waals surface area contributed by atoms with E-state index in [1.165, 1.54) is 31.2 Å². The van der Waals surface area contributed by atoms with E-state index >= 15 is 0 Å². The number of halogens is 1. The quantitative estimate of drug-likeness (QED) is 0.709. The number of rotatable bonds is 7. The highest BCUT2D eigenvalue weighted by Gasteiger charge is 2.30. The van der Waals surface area contributed by atoms with Crippen molar-refractivity contribution in [1.82, 2.24) is 5.32 Å². The van der Waals surface area contributed by atoms with E-state index < -0.39 is 43.7 Å². The van der Waals surface area contributed by atoms with Gasteiger partial charge in [0.05, 0.1) is 22.9 Å². The summed E-state index contributed by atoms with van der Waals surface area (Å²) in [6.45, 7) is 3.13. The Kier molecular flexibility index (Phi) is 6.69. The lowest BCUT2D eigenvalue weighted by Gasteiger charge is -2.29. The molecule has 0 spiro atoms. The summed E-state index contributed by atoms with van der Waals surface area (Å²) in [5, 5.41) is 2.72. The summed E-state index contributed by atoms with van der Waals surface area (Å²) in [6, 6.07) is 9.27. The van der Waals surface area contributed by atoms with Crippen LogP contribution in [0.3, 0.4) is 0 Å². The number of carbonyl (C=O) groups is 1. The summed E-state index contributed by atoms with van der Waals surface area (Å²) < 4.78 is 61.7. The van der Waals surface area contributed by atoms with Crippen LogP contribution in [-0.4, -0.2) is 41.3 Å². The molecule has 0 heterocycles. The molecule has 29 heavy (non-hydrogen) atoms. The molecule has 0 bridgehead atoms. The number of sulfone groups is 1. The van der Waals surface area contributed by atoms with Gasteiger partial charge in [-0.15, -0.1) is 0 Å². The van der Waals surface area contributed by atoms with Crippen LogP contribution in [0.2, 0.25) is 0 Å². The first-order valence-corrected chi connectivity index (χ1v) is 12.4. The van der Waals surface area contributed by atoms with Crippen LogP contribution >= 0.6 is 0 Å². The molecule has 0 unspecified atom stereocenters. The van der Waals surface area contributed by atoms with Gasteiger partial charge in [-0.1, -0.05) is 12.1 Å². The largest absolute Gasteiger partial charge is 0.348 e. The molecular formula is C19H23FN2O5S2. The molecule has 2 rings (SSSR count). The molecule has 2 aromatic rings. The van der Waals surface area contributed by atoms with E-state index in [0.29, 0.717) is 5.56 Å². The van der Waals surface area contributed by atoms with Crippen LogP contribution in [0.25, 0.3) is 0 Å². The van der Waals surface area contributed by atoms with Crippen LogP contribution in [0, 0.1) is 5.82 Å². The molecule has 1 amide bonds. The Hall–Kier alpha value is -2.46. The molecule has 0 fully saturated rings. The predicted molar refractivity (Wildman–Crippen MR) is 109 cm³/mol. The highest BCUT2D eigenvalue weighted by Crippen LogP contribution is 2.22. The Morgan fingerprint density at radius 1 is 0.931 bits per heavy atom. The maximum atomic E-state index is 13.2. The second-order valence-electron chi connectivity index (χ2n) is 6.78. The first-order chi connectivity index (χ1) is 13.3. The highest BCUT2D eigenvalue weighted by atomic mass is 32.2. The maximum absolute atomic E-state index is 13.2. The van der Waals surface area contributed by atoms with Crippen LogP contribution in [0.15, 0.2) is 53.4 Å². The van der Waals surface area contributed by atoms with E-state index in [1.807, 2.05) is 0 Å². The summed E-state index contributed by atoms with van der Waals surface area (Å²) >= 11 is 0. The lowest BCUT2D eigenvalue weighted by atomic mass is 10.1. The number of carbonyl (C=O) groups excluding carboxylic acids is 1. The third-order valence-corrected chi connectivity index (χ3v) is 6.71. The van der Waals surface area contributed by atoms with Crippen molar-refractivity contribution in [2.24, 2.45) is 0 Å². The topological polar surface area (TPSA) is 101 Å². The molecule has 0 aliphatic heterocycles. The van der Waals surface area contributed by atoms with Gasteiger partial charge in [0.2, 0.25) is 15.9 Å². The van der Waals surface area contributed by atoms with E-state index in [0.717, 1.165) is 28.9 Å². The van der Waals surface area contributed by atoms with Crippen molar-refractivity contribution in [3.8, 4) is 0 Å². The normalized spacial score (nSPS) is 14.1. The second-order valence-corrected chi connectivity index (χ2v) is 10.7. The second kappa shape index (κ2) is 8.50. The maximum Gasteiger partial charge on any atom is 0.244 e. The number of nitrogens with one attached hydrogen (secondary N) is 1. The Bertz CT molecular complexity index is 1080. The molecule has 0 radical (unpaired) electrons. The molecule has 7 nitrogen and oxygen atoms in total. The lowest BCUT2D eigenvalue weighted by molar-refractivity contribution is -0.122. The average Bonchev–Trinajstić information content (AvgIpc) is 2.61. The number of benzene rings is 2. The van der Waals surface area contributed by atoms with Crippen molar-refractivity contribution in [2.75, 3.05) is 16.8 Å². The molecule has 2 atom stereocenters. The van der Waals surface area contributed by atoms with Crippen LogP contribution in [-0.2, 0) is 24.7 Å². The smallest absolute Gasteiger partial charge is 0.244 e. The van der Waals surface area contributed by atoms with Crippen molar-refractivity contribution in [3.63, 3.8) is 0 Å². The minimum atomic E-state index is -3.81. The number of anilines is 1. The Labute approximate surface area is 170 Å². The summed E-state index contributed by atoms with van der Waals surface area (Å²) in [4.78, 5) is 12.9. The first-order valence-electron chi connectivity index (χ1n) is 8.66. The fourth-order valence-corrected chi connectivity index (χ4v) is 4.62. The van der Waals surface area contributed by atoms with Crippen molar-refractivity contribution in [1.29, 1.82) is 0 Å². The van der Waals surface area contributed by atoms with Crippen LogP contribution in [0.1, 0.15) is 25.5 Å². The number of hydrogen-bond acceptors (Lipinski definition) is 5. The van der Waals surface area contributed by atoms with Gasteiger partial charge >= 0.3 is 0 Å². The van der Waals surface area contributed by atoms with Crippen molar-refractivity contribution in [2.45, 2.75) is 30.8 Å². The highest BCUT2D eigenvalue weighted by molar-refractivity contribution is 7.92. The van der Waals surface area contributed by atoms with Gasteiger partial charge in [0.25, 0.3) is 0 Å². The molecule has 0 saturated carbocycles. The number of hydrogen-bond donors (Lipinski definition) is 1. The monoisotopic (exact) mass is 442 g/mol. The predicted octanol–water partition coefficient (Wildman–Crippen LogP) is 2.26. The van der Waals surface area contributed by atoms with Gasteiger partial charge < -0.3 is 5.32 Å². The van der Waals surface area contributed by atoms with E-state index in [2.05, 4.69) is 5.32 Å². The lowest BCUT2D eigenvalue weighted by Crippen LogP contribution is -2.48. The SMILES string of the molecule is C[C@H](NC(=O)[C@@H](C)N(c1ccc(F)cc1)S(C)(=O)=O)c1ccc(S(C)(=O)=O)cc1. The minimum absolute atomic E-state index is 0.160. The zero-order valence-electron chi connectivity index (χ0n) is 16.5. The molecule has 10 heteroatoms. The summed E-state index contributed by atoms with van der Waals surface area (Å²) in [7, 11) is -7.14. The average molecular weight is 443 g/mol. The van der Waals surface area contributed by atoms with Gasteiger partial charge in [-0.3, -0.25) is 9.10 Å². The molecule has 0 aliphatic rings. The van der Waals surface area contributed by atoms with E-state index in [1.54, 1.807) is 19.1 Å². The van der Waals surface area contributed by atoms with Gasteiger partial charge in [0.15, 0.2) is 9.84 Å². The summed E-state index contributed by atoms with van der Waals surface area (Å²) in [6.07, 6.45) is 2.07. The van der Waals surface area contributed by atoms with Gasteiger partial charge in [0.1, 0.15) is 11.9 Å². The molecule has 2 aromatic carbocycles. The minimum Gasteiger partial charge on any atom is -0.348 e. The van der Waals surface area contributed by atoms with Crippen molar-refractivity contribution < 1.29 is 26.0 Å². The standard InChI is InChI=1S/C19H23FN2O5S2/c1-13(15-5-11-18(12-6-15)28(3,24)25)21-19(23)14(2)22(29(4,26)27)17-9-7-16(20)8-10-17/h5-14H,1-4H3,(H,21,23)/t13-,14+/m0/s1. The Morgan fingerprint density at radius 2 is 1.45 bits per heavy atom. The molecule has 0 saturated heterocycles. The molecule has 0 aliphatic carbocycles. The van der Waals surface area contributed by atoms with E-state index in [-0.39, 0.29) is 10.6 Å². The Morgan fingerprint density at radius 3 is 1.90 bits per heavy atom. The van der Waals surface area contributed by atoms with Gasteiger partial charge in [-0.25, -0.2) is 21.2 Å². The third-order valence-electron chi connectivity index (χ3n) is 4.34. The number of nitrogens with zero attached hydrogens (tertiary/aromatic N) is 1. The van der Waals surface area contributed by atoms with Gasteiger partial charge in [-0.2, -0.15) is 0 Å². The molecule has 0 aromatic heterocycles. The van der Waals surface area contributed by atoms with E-state index in [4.69, 9.17) is 0 Å². The molecule has 1 N–H and O–H groups in total. The number of sulfonamides is 1.